The molecule has 2 aliphatic rings. The van der Waals surface area contributed by atoms with E-state index in [0.29, 0.717) is 0 Å². The van der Waals surface area contributed by atoms with Crippen LogP contribution in [-0.2, 0) is 11.8 Å². The molecule has 0 aromatic heterocycles. The maximum Gasteiger partial charge on any atom is 0.0165 e. The maximum atomic E-state index is 2.41. The maximum absolute atomic E-state index is 2.41. The first-order chi connectivity index (χ1) is 15.6. The SMILES string of the molecule is CC.CC1(C)c2c(ccc3cc4ccccc4cc23)-c2ccc3c4c(ccc1c24)C=CC3. The molecule has 0 fully saturated rings. The Labute approximate surface area is 190 Å². The zero-order valence-electron chi connectivity index (χ0n) is 19.3. The van der Waals surface area contributed by atoms with Crippen LogP contribution in [0.1, 0.15) is 49.9 Å². The highest BCUT2D eigenvalue weighted by Crippen LogP contribution is 2.52. The molecular weight excluding hydrogens is 384 g/mol. The molecule has 0 amide bonds. The summed E-state index contributed by atoms with van der Waals surface area (Å²) in [5.41, 5.74) is 8.48. The molecule has 0 aliphatic heterocycles. The van der Waals surface area contributed by atoms with E-state index >= 15 is 0 Å². The third-order valence-corrected chi connectivity index (χ3v) is 7.39. The summed E-state index contributed by atoms with van der Waals surface area (Å²) in [5, 5.41) is 8.27. The molecule has 2 aliphatic carbocycles. The lowest BCUT2D eigenvalue weighted by molar-refractivity contribution is 0.651. The number of benzene rings is 5. The summed E-state index contributed by atoms with van der Waals surface area (Å²) in [7, 11) is 0. The molecule has 156 valence electrons. The average molecular weight is 413 g/mol. The third-order valence-electron chi connectivity index (χ3n) is 7.39. The van der Waals surface area contributed by atoms with Crippen LogP contribution >= 0.6 is 0 Å². The molecule has 7 rings (SSSR count). The highest BCUT2D eigenvalue weighted by atomic mass is 14.4. The predicted octanol–water partition coefficient (Wildman–Crippen LogP) is 9.05. The lowest BCUT2D eigenvalue weighted by atomic mass is 9.66. The molecule has 0 saturated carbocycles. The molecule has 0 radical (unpaired) electrons. The van der Waals surface area contributed by atoms with E-state index in [9.17, 15) is 0 Å². The van der Waals surface area contributed by atoms with Gasteiger partial charge in [0.2, 0.25) is 0 Å². The first kappa shape index (κ1) is 19.3. The van der Waals surface area contributed by atoms with Crippen molar-refractivity contribution in [1.82, 2.24) is 0 Å². The zero-order valence-corrected chi connectivity index (χ0v) is 19.3. The third kappa shape index (κ3) is 2.44. The van der Waals surface area contributed by atoms with Gasteiger partial charge in [-0.25, -0.2) is 0 Å². The van der Waals surface area contributed by atoms with Crippen LogP contribution in [0.15, 0.2) is 78.9 Å². The number of fused-ring (bicyclic) bond motifs is 5. The second-order valence-corrected chi connectivity index (χ2v) is 9.36. The molecule has 0 saturated heterocycles. The van der Waals surface area contributed by atoms with Gasteiger partial charge in [-0.2, -0.15) is 0 Å². The van der Waals surface area contributed by atoms with E-state index in [1.165, 1.54) is 65.7 Å². The van der Waals surface area contributed by atoms with Crippen LogP contribution in [0.3, 0.4) is 0 Å². The van der Waals surface area contributed by atoms with Crippen molar-refractivity contribution in [2.24, 2.45) is 0 Å². The molecule has 0 bridgehead atoms. The van der Waals surface area contributed by atoms with Crippen LogP contribution in [0.5, 0.6) is 0 Å². The van der Waals surface area contributed by atoms with E-state index in [1.807, 2.05) is 13.8 Å². The van der Waals surface area contributed by atoms with Gasteiger partial charge in [-0.05, 0) is 84.3 Å². The van der Waals surface area contributed by atoms with E-state index in [0.717, 1.165) is 6.42 Å². The van der Waals surface area contributed by atoms with Crippen molar-refractivity contribution in [3.63, 3.8) is 0 Å². The first-order valence-corrected chi connectivity index (χ1v) is 11.8. The summed E-state index contributed by atoms with van der Waals surface area (Å²) in [6, 6.07) is 27.6. The van der Waals surface area contributed by atoms with Gasteiger partial charge in [0.25, 0.3) is 0 Å². The lowest BCUT2D eigenvalue weighted by Gasteiger charge is -2.37. The Kier molecular flexibility index (Phi) is 4.11. The highest BCUT2D eigenvalue weighted by molar-refractivity contribution is 6.12. The fraction of sp³-hybridized carbons (Fsp3) is 0.188. The molecule has 0 heteroatoms. The van der Waals surface area contributed by atoms with Crippen molar-refractivity contribution in [2.75, 3.05) is 0 Å². The lowest BCUT2D eigenvalue weighted by Crippen LogP contribution is -2.24. The van der Waals surface area contributed by atoms with Crippen LogP contribution < -0.4 is 0 Å². The topological polar surface area (TPSA) is 0 Å². The van der Waals surface area contributed by atoms with Gasteiger partial charge in [0, 0.05) is 5.41 Å². The fourth-order valence-corrected chi connectivity index (χ4v) is 6.01. The van der Waals surface area contributed by atoms with Gasteiger partial charge in [-0.1, -0.05) is 101 Å². The van der Waals surface area contributed by atoms with Gasteiger partial charge >= 0.3 is 0 Å². The summed E-state index contributed by atoms with van der Waals surface area (Å²) in [4.78, 5) is 0. The summed E-state index contributed by atoms with van der Waals surface area (Å²) in [6.45, 7) is 8.82. The molecule has 32 heavy (non-hydrogen) atoms. The minimum absolute atomic E-state index is 0.0530. The van der Waals surface area contributed by atoms with Crippen molar-refractivity contribution < 1.29 is 0 Å². The van der Waals surface area contributed by atoms with Gasteiger partial charge in [0.05, 0.1) is 0 Å². The van der Waals surface area contributed by atoms with Gasteiger partial charge in [0.15, 0.2) is 0 Å². The van der Waals surface area contributed by atoms with Crippen LogP contribution in [0.4, 0.5) is 0 Å². The summed E-state index contributed by atoms with van der Waals surface area (Å²) in [5.74, 6) is 0. The second kappa shape index (κ2) is 6.81. The van der Waals surface area contributed by atoms with Crippen molar-refractivity contribution >= 4 is 38.4 Å². The summed E-state index contributed by atoms with van der Waals surface area (Å²) >= 11 is 0. The molecule has 5 aromatic carbocycles. The van der Waals surface area contributed by atoms with E-state index in [4.69, 9.17) is 0 Å². The van der Waals surface area contributed by atoms with Gasteiger partial charge < -0.3 is 0 Å². The zero-order chi connectivity index (χ0) is 22.0. The quantitative estimate of drug-likeness (QED) is 0.223. The van der Waals surface area contributed by atoms with E-state index in [-0.39, 0.29) is 5.41 Å². The standard InChI is InChI=1S/C30H22.C2H6/c1-30(2)26-15-12-19-9-5-8-18-10-13-23(28(26)27(18)19)24-14-11-22-16-20-6-3-4-7-21(20)17-25(22)29(24)30;1-2/h3-7,9-17H,8H2,1-2H3;1-2H3. The molecule has 0 spiro atoms. The Hall–Kier alpha value is -3.38. The monoisotopic (exact) mass is 412 g/mol. The highest BCUT2D eigenvalue weighted by Gasteiger charge is 2.35. The predicted molar refractivity (Wildman–Crippen MR) is 141 cm³/mol. The molecule has 5 aromatic rings. The van der Waals surface area contributed by atoms with E-state index in [1.54, 1.807) is 0 Å². The van der Waals surface area contributed by atoms with Crippen LogP contribution in [-0.4, -0.2) is 0 Å². The van der Waals surface area contributed by atoms with Crippen molar-refractivity contribution in [2.45, 2.75) is 39.5 Å². The van der Waals surface area contributed by atoms with Crippen LogP contribution in [0.2, 0.25) is 0 Å². The van der Waals surface area contributed by atoms with Crippen LogP contribution in [0.25, 0.3) is 49.5 Å². The van der Waals surface area contributed by atoms with E-state index in [2.05, 4.69) is 98.8 Å². The molecule has 0 unspecified atom stereocenters. The smallest absolute Gasteiger partial charge is 0.0165 e. The average Bonchev–Trinajstić information content (AvgIpc) is 2.83. The van der Waals surface area contributed by atoms with Crippen LogP contribution in [0, 0.1) is 0 Å². The summed E-state index contributed by atoms with van der Waals surface area (Å²) in [6.07, 6.45) is 5.62. The molecule has 0 heterocycles. The van der Waals surface area contributed by atoms with Crippen molar-refractivity contribution in [3.05, 3.63) is 101 Å². The minimum atomic E-state index is -0.0530. The van der Waals surface area contributed by atoms with Crippen molar-refractivity contribution in [1.29, 1.82) is 0 Å². The number of allylic oxidation sites excluding steroid dienone is 1. The Balaban J connectivity index is 0.000000953. The Morgan fingerprint density at radius 3 is 2.25 bits per heavy atom. The molecule has 0 N–H and O–H groups in total. The number of rotatable bonds is 0. The van der Waals surface area contributed by atoms with Gasteiger partial charge in [-0.15, -0.1) is 0 Å². The second-order valence-electron chi connectivity index (χ2n) is 9.36. The fourth-order valence-electron chi connectivity index (χ4n) is 6.01. The Bertz CT molecular complexity index is 1580. The summed E-state index contributed by atoms with van der Waals surface area (Å²) < 4.78 is 0. The Morgan fingerprint density at radius 1 is 0.688 bits per heavy atom. The normalized spacial score (nSPS) is 14.9. The molecular formula is C32H28. The van der Waals surface area contributed by atoms with Crippen molar-refractivity contribution in [3.8, 4) is 11.1 Å². The number of hydrogen-bond acceptors (Lipinski definition) is 0. The van der Waals surface area contributed by atoms with Gasteiger partial charge in [-0.3, -0.25) is 0 Å². The molecule has 0 nitrogen and oxygen atoms in total. The first-order valence-electron chi connectivity index (χ1n) is 11.8. The Morgan fingerprint density at radius 2 is 1.44 bits per heavy atom. The largest absolute Gasteiger partial charge is 0.0795 e. The minimum Gasteiger partial charge on any atom is -0.0795 e. The number of hydrogen-bond donors (Lipinski definition) is 0. The molecule has 0 atom stereocenters. The van der Waals surface area contributed by atoms with E-state index < -0.39 is 0 Å². The van der Waals surface area contributed by atoms with Gasteiger partial charge in [0.1, 0.15) is 0 Å².